The number of aliphatic hydroxyl groups is 1. The van der Waals surface area contributed by atoms with Gasteiger partial charge in [-0.25, -0.2) is 0 Å². The SMILES string of the molecule is C[C@@H](O)c1ccc(Oc2ccc(Br)cc2Cl)c(Br)c1. The second-order valence-electron chi connectivity index (χ2n) is 4.04. The van der Waals surface area contributed by atoms with E-state index < -0.39 is 6.10 Å². The smallest absolute Gasteiger partial charge is 0.146 e. The largest absolute Gasteiger partial charge is 0.455 e. The molecule has 2 nitrogen and oxygen atoms in total. The Balaban J connectivity index is 2.28. The van der Waals surface area contributed by atoms with Crippen molar-refractivity contribution in [2.75, 3.05) is 0 Å². The van der Waals surface area contributed by atoms with Crippen LogP contribution in [0, 0.1) is 0 Å². The third-order valence-electron chi connectivity index (χ3n) is 2.55. The molecule has 19 heavy (non-hydrogen) atoms. The highest BCUT2D eigenvalue weighted by Crippen LogP contribution is 2.36. The summed E-state index contributed by atoms with van der Waals surface area (Å²) in [6.07, 6.45) is -0.512. The predicted molar refractivity (Wildman–Crippen MR) is 84.0 cm³/mol. The van der Waals surface area contributed by atoms with Crippen molar-refractivity contribution in [3.05, 3.63) is 55.9 Å². The van der Waals surface area contributed by atoms with E-state index in [1.807, 2.05) is 18.2 Å². The van der Waals surface area contributed by atoms with Crippen molar-refractivity contribution in [3.63, 3.8) is 0 Å². The lowest BCUT2D eigenvalue weighted by Crippen LogP contribution is -1.92. The van der Waals surface area contributed by atoms with Gasteiger partial charge in [0.1, 0.15) is 11.5 Å². The average molecular weight is 407 g/mol. The van der Waals surface area contributed by atoms with Crippen molar-refractivity contribution in [1.82, 2.24) is 0 Å². The summed E-state index contributed by atoms with van der Waals surface area (Å²) in [7, 11) is 0. The van der Waals surface area contributed by atoms with Crippen LogP contribution in [0.1, 0.15) is 18.6 Å². The monoisotopic (exact) mass is 404 g/mol. The third-order valence-corrected chi connectivity index (χ3v) is 3.96. The van der Waals surface area contributed by atoms with Gasteiger partial charge in [0.15, 0.2) is 0 Å². The van der Waals surface area contributed by atoms with Crippen LogP contribution in [0.5, 0.6) is 11.5 Å². The molecule has 2 aromatic rings. The zero-order valence-electron chi connectivity index (χ0n) is 10.0. The van der Waals surface area contributed by atoms with Gasteiger partial charge in [0.05, 0.1) is 15.6 Å². The first-order chi connectivity index (χ1) is 8.97. The lowest BCUT2D eigenvalue weighted by molar-refractivity contribution is 0.199. The van der Waals surface area contributed by atoms with Gasteiger partial charge >= 0.3 is 0 Å². The van der Waals surface area contributed by atoms with Crippen molar-refractivity contribution in [2.45, 2.75) is 13.0 Å². The number of hydrogen-bond donors (Lipinski definition) is 1. The van der Waals surface area contributed by atoms with Gasteiger partial charge in [-0.1, -0.05) is 33.6 Å². The Labute approximate surface area is 133 Å². The maximum absolute atomic E-state index is 9.52. The van der Waals surface area contributed by atoms with Gasteiger partial charge in [-0.05, 0) is 58.7 Å². The van der Waals surface area contributed by atoms with Gasteiger partial charge in [-0.3, -0.25) is 0 Å². The summed E-state index contributed by atoms with van der Waals surface area (Å²) in [5.74, 6) is 1.23. The molecule has 0 heterocycles. The number of rotatable bonds is 3. The normalized spacial score (nSPS) is 12.3. The van der Waals surface area contributed by atoms with E-state index in [2.05, 4.69) is 31.9 Å². The highest BCUT2D eigenvalue weighted by Gasteiger charge is 2.09. The quantitative estimate of drug-likeness (QED) is 0.707. The first kappa shape index (κ1) is 14.9. The number of aliphatic hydroxyl groups excluding tert-OH is 1. The Hall–Kier alpha value is -0.550. The van der Waals surface area contributed by atoms with E-state index in [0.717, 1.165) is 14.5 Å². The molecule has 0 aliphatic carbocycles. The minimum Gasteiger partial charge on any atom is -0.455 e. The molecule has 1 N–H and O–H groups in total. The average Bonchev–Trinajstić information content (AvgIpc) is 2.34. The topological polar surface area (TPSA) is 29.5 Å². The third kappa shape index (κ3) is 3.72. The van der Waals surface area contributed by atoms with E-state index in [9.17, 15) is 5.11 Å². The maximum Gasteiger partial charge on any atom is 0.146 e. The zero-order chi connectivity index (χ0) is 14.0. The molecule has 0 aliphatic rings. The number of hydrogen-bond acceptors (Lipinski definition) is 2. The van der Waals surface area contributed by atoms with Gasteiger partial charge in [0.2, 0.25) is 0 Å². The lowest BCUT2D eigenvalue weighted by atomic mass is 10.1. The van der Waals surface area contributed by atoms with E-state index in [1.165, 1.54) is 0 Å². The molecule has 0 saturated carbocycles. The number of ether oxygens (including phenoxy) is 1. The molecule has 100 valence electrons. The van der Waals surface area contributed by atoms with E-state index >= 15 is 0 Å². The van der Waals surface area contributed by atoms with Crippen LogP contribution < -0.4 is 4.74 Å². The molecule has 1 atom stereocenters. The van der Waals surface area contributed by atoms with Crippen LogP contribution in [0.4, 0.5) is 0 Å². The summed E-state index contributed by atoms with van der Waals surface area (Å²) >= 11 is 12.9. The molecule has 0 bridgehead atoms. The second kappa shape index (κ2) is 6.27. The first-order valence-corrected chi connectivity index (χ1v) is 7.54. The van der Waals surface area contributed by atoms with Crippen LogP contribution in [0.25, 0.3) is 0 Å². The van der Waals surface area contributed by atoms with Crippen LogP contribution in [0.2, 0.25) is 5.02 Å². The number of benzene rings is 2. The fourth-order valence-corrected chi connectivity index (χ4v) is 2.73. The van der Waals surface area contributed by atoms with Gasteiger partial charge in [-0.2, -0.15) is 0 Å². The standard InChI is InChI=1S/C14H11Br2ClO2/c1-8(18)9-2-4-13(11(16)6-9)19-14-5-3-10(15)7-12(14)17/h2-8,18H,1H3/t8-/m1/s1. The van der Waals surface area contributed by atoms with Crippen LogP contribution >= 0.6 is 43.5 Å². The zero-order valence-corrected chi connectivity index (χ0v) is 14.0. The van der Waals surface area contributed by atoms with E-state index in [0.29, 0.717) is 16.5 Å². The van der Waals surface area contributed by atoms with Crippen molar-refractivity contribution in [3.8, 4) is 11.5 Å². The van der Waals surface area contributed by atoms with Crippen LogP contribution in [-0.2, 0) is 0 Å². The molecule has 0 unspecified atom stereocenters. The van der Waals surface area contributed by atoms with Gasteiger partial charge in [0, 0.05) is 4.47 Å². The lowest BCUT2D eigenvalue weighted by Gasteiger charge is -2.12. The Morgan fingerprint density at radius 3 is 2.37 bits per heavy atom. The summed E-state index contributed by atoms with van der Waals surface area (Å²) in [6.45, 7) is 1.72. The Morgan fingerprint density at radius 1 is 1.11 bits per heavy atom. The molecule has 2 rings (SSSR count). The van der Waals surface area contributed by atoms with Crippen molar-refractivity contribution in [1.29, 1.82) is 0 Å². The molecule has 0 saturated heterocycles. The molecule has 5 heteroatoms. The summed E-state index contributed by atoms with van der Waals surface area (Å²) in [6, 6.07) is 10.9. The van der Waals surface area contributed by atoms with Crippen LogP contribution in [-0.4, -0.2) is 5.11 Å². The van der Waals surface area contributed by atoms with Gasteiger partial charge in [0.25, 0.3) is 0 Å². The van der Waals surface area contributed by atoms with E-state index in [4.69, 9.17) is 16.3 Å². The molecule has 0 aliphatic heterocycles. The molecule has 0 spiro atoms. The minimum atomic E-state index is -0.512. The van der Waals surface area contributed by atoms with Crippen molar-refractivity contribution < 1.29 is 9.84 Å². The molecule has 0 radical (unpaired) electrons. The van der Waals surface area contributed by atoms with Crippen molar-refractivity contribution >= 4 is 43.5 Å². The molecule has 0 fully saturated rings. The Kier molecular flexibility index (Phi) is 4.90. The molecular weight excluding hydrogens is 395 g/mol. The second-order valence-corrected chi connectivity index (χ2v) is 6.22. The molecule has 0 aromatic heterocycles. The molecule has 2 aromatic carbocycles. The first-order valence-electron chi connectivity index (χ1n) is 5.58. The van der Waals surface area contributed by atoms with E-state index in [-0.39, 0.29) is 0 Å². The fraction of sp³-hybridized carbons (Fsp3) is 0.143. The maximum atomic E-state index is 9.52. The highest BCUT2D eigenvalue weighted by atomic mass is 79.9. The fourth-order valence-electron chi connectivity index (χ4n) is 1.54. The molecular formula is C14H11Br2ClO2. The summed E-state index contributed by atoms with van der Waals surface area (Å²) in [4.78, 5) is 0. The van der Waals surface area contributed by atoms with Crippen LogP contribution in [0.3, 0.4) is 0 Å². The highest BCUT2D eigenvalue weighted by molar-refractivity contribution is 9.10. The Bertz CT molecular complexity index is 600. The van der Waals surface area contributed by atoms with E-state index in [1.54, 1.807) is 25.1 Å². The van der Waals surface area contributed by atoms with Gasteiger partial charge < -0.3 is 9.84 Å². The predicted octanol–water partition coefficient (Wildman–Crippen LogP) is 5.71. The Morgan fingerprint density at radius 2 is 1.79 bits per heavy atom. The van der Waals surface area contributed by atoms with Crippen molar-refractivity contribution in [2.24, 2.45) is 0 Å². The summed E-state index contributed by atoms with van der Waals surface area (Å²) < 4.78 is 7.41. The van der Waals surface area contributed by atoms with Crippen LogP contribution in [0.15, 0.2) is 45.3 Å². The van der Waals surface area contributed by atoms with Gasteiger partial charge in [-0.15, -0.1) is 0 Å². The summed E-state index contributed by atoms with van der Waals surface area (Å²) in [5, 5.41) is 10.0. The number of halogens is 3. The minimum absolute atomic E-state index is 0.512. The molecule has 0 amide bonds. The summed E-state index contributed by atoms with van der Waals surface area (Å²) in [5.41, 5.74) is 0.820.